The quantitative estimate of drug-likeness (QED) is 0.331. The van der Waals surface area contributed by atoms with Gasteiger partial charge in [-0.2, -0.15) is 0 Å². The van der Waals surface area contributed by atoms with Crippen molar-refractivity contribution in [3.05, 3.63) is 94.5 Å². The van der Waals surface area contributed by atoms with Crippen molar-refractivity contribution < 1.29 is 18.0 Å². The molecule has 0 aliphatic rings. The molecule has 0 aliphatic carbocycles. The Balaban J connectivity index is 2.06. The lowest BCUT2D eigenvalue weighted by atomic mass is 10.1. The summed E-state index contributed by atoms with van der Waals surface area (Å²) in [6, 6.07) is 19.5. The van der Waals surface area contributed by atoms with Crippen LogP contribution in [-0.4, -0.2) is 43.8 Å². The fraction of sp³-hybridized carbons (Fsp3) is 0.333. The van der Waals surface area contributed by atoms with Crippen molar-refractivity contribution in [3.63, 3.8) is 0 Å². The Hall–Kier alpha value is -3.36. The molecule has 3 aromatic rings. The van der Waals surface area contributed by atoms with Crippen molar-refractivity contribution in [1.82, 2.24) is 10.2 Å². The zero-order chi connectivity index (χ0) is 28.7. The van der Waals surface area contributed by atoms with Crippen LogP contribution in [0.1, 0.15) is 43.9 Å². The highest BCUT2D eigenvalue weighted by atomic mass is 35.5. The third-order valence-electron chi connectivity index (χ3n) is 6.70. The largest absolute Gasteiger partial charge is 0.352 e. The Bertz CT molecular complexity index is 1410. The SMILES string of the molecule is CCC(C)NC(=O)C(C)N(Cc1ccccc1Cl)C(=O)CN(c1ccc(C)cc1C)S(=O)(=O)c1ccccc1. The molecule has 0 aromatic heterocycles. The van der Waals surface area contributed by atoms with E-state index >= 15 is 0 Å². The second-order valence-electron chi connectivity index (χ2n) is 9.72. The molecule has 2 amide bonds. The summed E-state index contributed by atoms with van der Waals surface area (Å²) in [5, 5.41) is 3.38. The third kappa shape index (κ3) is 7.40. The van der Waals surface area contributed by atoms with Gasteiger partial charge in [-0.3, -0.25) is 13.9 Å². The molecule has 2 unspecified atom stereocenters. The lowest BCUT2D eigenvalue weighted by molar-refractivity contribution is -0.139. The van der Waals surface area contributed by atoms with Crippen LogP contribution in [0.5, 0.6) is 0 Å². The number of hydrogen-bond acceptors (Lipinski definition) is 4. The van der Waals surface area contributed by atoms with Crippen LogP contribution in [0.4, 0.5) is 5.69 Å². The number of halogens is 1. The number of benzene rings is 3. The van der Waals surface area contributed by atoms with E-state index in [1.165, 1.54) is 17.0 Å². The molecule has 0 heterocycles. The summed E-state index contributed by atoms with van der Waals surface area (Å²) < 4.78 is 28.9. The van der Waals surface area contributed by atoms with Gasteiger partial charge in [0, 0.05) is 17.6 Å². The highest BCUT2D eigenvalue weighted by Gasteiger charge is 2.33. The predicted octanol–water partition coefficient (Wildman–Crippen LogP) is 5.48. The summed E-state index contributed by atoms with van der Waals surface area (Å²) in [7, 11) is -4.11. The van der Waals surface area contributed by atoms with E-state index in [9.17, 15) is 18.0 Å². The average molecular weight is 570 g/mol. The fourth-order valence-electron chi connectivity index (χ4n) is 4.18. The van der Waals surface area contributed by atoms with E-state index in [1.54, 1.807) is 55.5 Å². The summed E-state index contributed by atoms with van der Waals surface area (Å²) >= 11 is 6.41. The Morgan fingerprint density at radius 2 is 1.59 bits per heavy atom. The van der Waals surface area contributed by atoms with Crippen molar-refractivity contribution in [2.45, 2.75) is 64.6 Å². The van der Waals surface area contributed by atoms with Crippen LogP contribution < -0.4 is 9.62 Å². The summed E-state index contributed by atoms with van der Waals surface area (Å²) in [5.41, 5.74) is 2.73. The maximum Gasteiger partial charge on any atom is 0.264 e. The Morgan fingerprint density at radius 3 is 2.21 bits per heavy atom. The molecule has 9 heteroatoms. The maximum absolute atomic E-state index is 14.0. The number of anilines is 1. The van der Waals surface area contributed by atoms with Gasteiger partial charge < -0.3 is 10.2 Å². The highest BCUT2D eigenvalue weighted by molar-refractivity contribution is 7.92. The zero-order valence-corrected chi connectivity index (χ0v) is 24.6. The highest BCUT2D eigenvalue weighted by Crippen LogP contribution is 2.28. The minimum absolute atomic E-state index is 0.0414. The molecule has 0 radical (unpaired) electrons. The first-order chi connectivity index (χ1) is 18.4. The molecule has 1 N–H and O–H groups in total. The standard InChI is InChI=1S/C30H36ClN3O4S/c1-6-23(4)32-30(36)24(5)33(19-25-12-10-11-15-27(25)31)29(35)20-34(28-17-16-21(2)18-22(28)3)39(37,38)26-13-8-7-9-14-26/h7-18,23-24H,6,19-20H2,1-5H3,(H,32,36). The van der Waals surface area contributed by atoms with Crippen molar-refractivity contribution in [2.75, 3.05) is 10.8 Å². The number of carbonyl (C=O) groups excluding carboxylic acids is 2. The van der Waals surface area contributed by atoms with Crippen LogP contribution in [0.25, 0.3) is 0 Å². The van der Waals surface area contributed by atoms with Gasteiger partial charge in [0.1, 0.15) is 12.6 Å². The van der Waals surface area contributed by atoms with E-state index in [4.69, 9.17) is 11.6 Å². The summed E-state index contributed by atoms with van der Waals surface area (Å²) in [5.74, 6) is -0.852. The van der Waals surface area contributed by atoms with Crippen LogP contribution in [0.3, 0.4) is 0 Å². The average Bonchev–Trinajstić information content (AvgIpc) is 2.91. The van der Waals surface area contributed by atoms with E-state index in [-0.39, 0.29) is 23.4 Å². The lowest BCUT2D eigenvalue weighted by Crippen LogP contribution is -2.52. The molecule has 39 heavy (non-hydrogen) atoms. The first-order valence-corrected chi connectivity index (χ1v) is 14.8. The zero-order valence-electron chi connectivity index (χ0n) is 23.0. The van der Waals surface area contributed by atoms with E-state index in [2.05, 4.69) is 5.32 Å². The summed E-state index contributed by atoms with van der Waals surface area (Å²) in [4.78, 5) is 28.6. The van der Waals surface area contributed by atoms with Crippen LogP contribution in [0.2, 0.25) is 5.02 Å². The first kappa shape index (κ1) is 30.2. The molecule has 0 fully saturated rings. The number of rotatable bonds is 11. The van der Waals surface area contributed by atoms with Crippen LogP contribution >= 0.6 is 11.6 Å². The van der Waals surface area contributed by atoms with Crippen LogP contribution in [0.15, 0.2) is 77.7 Å². The molecular weight excluding hydrogens is 534 g/mol. The van der Waals surface area contributed by atoms with Gasteiger partial charge in [-0.15, -0.1) is 0 Å². The molecule has 0 bridgehead atoms. The Morgan fingerprint density at radius 1 is 0.949 bits per heavy atom. The molecule has 3 rings (SSSR count). The van der Waals surface area contributed by atoms with E-state index in [0.717, 1.165) is 16.3 Å². The third-order valence-corrected chi connectivity index (χ3v) is 8.84. The number of carbonyl (C=O) groups is 2. The second kappa shape index (κ2) is 13.1. The lowest BCUT2D eigenvalue weighted by Gasteiger charge is -2.33. The summed E-state index contributed by atoms with van der Waals surface area (Å²) in [6.07, 6.45) is 0.729. The molecule has 2 atom stereocenters. The second-order valence-corrected chi connectivity index (χ2v) is 12.0. The molecule has 0 spiro atoms. The van der Waals surface area contributed by atoms with Gasteiger partial charge in [0.2, 0.25) is 11.8 Å². The van der Waals surface area contributed by atoms with Crippen LogP contribution in [-0.2, 0) is 26.2 Å². The van der Waals surface area contributed by atoms with Crippen molar-refractivity contribution in [2.24, 2.45) is 0 Å². The van der Waals surface area contributed by atoms with Gasteiger partial charge >= 0.3 is 0 Å². The molecule has 208 valence electrons. The molecule has 7 nitrogen and oxygen atoms in total. The van der Waals surface area contributed by atoms with Gasteiger partial charge in [-0.1, -0.05) is 72.6 Å². The number of nitrogens with one attached hydrogen (secondary N) is 1. The van der Waals surface area contributed by atoms with E-state index < -0.39 is 28.5 Å². The van der Waals surface area contributed by atoms with Gasteiger partial charge in [0.25, 0.3) is 10.0 Å². The predicted molar refractivity (Wildman–Crippen MR) is 156 cm³/mol. The van der Waals surface area contributed by atoms with Gasteiger partial charge in [-0.05, 0) is 69.5 Å². The Labute approximate surface area is 236 Å². The van der Waals surface area contributed by atoms with E-state index in [1.807, 2.05) is 39.8 Å². The number of amides is 2. The monoisotopic (exact) mass is 569 g/mol. The van der Waals surface area contributed by atoms with Gasteiger partial charge in [0.05, 0.1) is 10.6 Å². The number of hydrogen-bond donors (Lipinski definition) is 1. The normalized spacial score (nSPS) is 12.9. The molecule has 0 saturated heterocycles. The van der Waals surface area contributed by atoms with Crippen molar-refractivity contribution in [3.8, 4) is 0 Å². The topological polar surface area (TPSA) is 86.8 Å². The van der Waals surface area contributed by atoms with E-state index in [0.29, 0.717) is 21.8 Å². The van der Waals surface area contributed by atoms with Gasteiger partial charge in [-0.25, -0.2) is 8.42 Å². The molecule has 0 saturated carbocycles. The number of aryl methyl sites for hydroxylation is 2. The number of sulfonamides is 1. The molecule has 3 aromatic carbocycles. The van der Waals surface area contributed by atoms with Crippen LogP contribution in [0, 0.1) is 13.8 Å². The maximum atomic E-state index is 14.0. The smallest absolute Gasteiger partial charge is 0.264 e. The fourth-order valence-corrected chi connectivity index (χ4v) is 5.87. The Kier molecular flexibility index (Phi) is 10.2. The molecular formula is C30H36ClN3O4S. The minimum atomic E-state index is -4.11. The van der Waals surface area contributed by atoms with Gasteiger partial charge in [0.15, 0.2) is 0 Å². The van der Waals surface area contributed by atoms with Crippen molar-refractivity contribution in [1.29, 1.82) is 0 Å². The minimum Gasteiger partial charge on any atom is -0.352 e. The summed E-state index contributed by atoms with van der Waals surface area (Å²) in [6.45, 7) is 8.76. The van der Waals surface area contributed by atoms with Crippen molar-refractivity contribution >= 4 is 39.1 Å². The molecule has 0 aliphatic heterocycles. The number of nitrogens with zero attached hydrogens (tertiary/aromatic N) is 2. The first-order valence-electron chi connectivity index (χ1n) is 12.9.